The number of amides is 3. The second-order valence-corrected chi connectivity index (χ2v) is 5.96. The predicted molar refractivity (Wildman–Crippen MR) is 108 cm³/mol. The molecule has 1 aromatic heterocycles. The number of urea groups is 1. The number of fused-ring (bicyclic) bond motifs is 1. The van der Waals surface area contributed by atoms with Crippen molar-refractivity contribution in [2.75, 3.05) is 22.5 Å². The first-order valence-corrected chi connectivity index (χ1v) is 8.63. The summed E-state index contributed by atoms with van der Waals surface area (Å²) >= 11 is 0. The molecule has 3 amide bonds. The minimum absolute atomic E-state index is 0.104. The highest BCUT2D eigenvalue weighted by Gasteiger charge is 2.06. The molecule has 138 valence electrons. The van der Waals surface area contributed by atoms with Crippen molar-refractivity contribution in [3.8, 4) is 0 Å². The van der Waals surface area contributed by atoms with Gasteiger partial charge in [0.25, 0.3) is 0 Å². The summed E-state index contributed by atoms with van der Waals surface area (Å²) in [4.78, 5) is 27.1. The Hall–Kier alpha value is -3.61. The molecule has 3 rings (SSSR count). The summed E-state index contributed by atoms with van der Waals surface area (Å²) in [5.41, 5.74) is 2.53. The van der Waals surface area contributed by atoms with Gasteiger partial charge in [0, 0.05) is 42.1 Å². The third-order valence-corrected chi connectivity index (χ3v) is 3.83. The van der Waals surface area contributed by atoms with Crippen molar-refractivity contribution in [2.24, 2.45) is 0 Å². The molecule has 27 heavy (non-hydrogen) atoms. The topological polar surface area (TPSA) is 95.1 Å². The van der Waals surface area contributed by atoms with Crippen LogP contribution in [0.25, 0.3) is 10.8 Å². The Kier molecular flexibility index (Phi) is 5.51. The van der Waals surface area contributed by atoms with Crippen molar-refractivity contribution in [1.29, 1.82) is 0 Å². The van der Waals surface area contributed by atoms with Crippen LogP contribution in [0.5, 0.6) is 0 Å². The van der Waals surface area contributed by atoms with Gasteiger partial charge in [0.05, 0.1) is 0 Å². The van der Waals surface area contributed by atoms with Crippen LogP contribution in [-0.2, 0) is 4.79 Å². The van der Waals surface area contributed by atoms with Crippen molar-refractivity contribution >= 4 is 45.6 Å². The highest BCUT2D eigenvalue weighted by Crippen LogP contribution is 2.27. The van der Waals surface area contributed by atoms with Crippen LogP contribution in [0.3, 0.4) is 0 Å². The number of carbonyl (C=O) groups is 2. The molecular weight excluding hydrogens is 342 g/mol. The quantitative estimate of drug-likeness (QED) is 0.549. The summed E-state index contributed by atoms with van der Waals surface area (Å²) in [6.45, 7) is 3.88. The van der Waals surface area contributed by atoms with Gasteiger partial charge in [0.1, 0.15) is 5.82 Å². The smallest absolute Gasteiger partial charge is 0.320 e. The van der Waals surface area contributed by atoms with Gasteiger partial charge < -0.3 is 16.0 Å². The molecule has 0 aliphatic rings. The number of hydrogen-bond acceptors (Lipinski definition) is 4. The molecule has 0 radical (unpaired) electrons. The van der Waals surface area contributed by atoms with Crippen LogP contribution in [0.1, 0.15) is 13.8 Å². The molecule has 0 aliphatic heterocycles. The molecule has 1 heterocycles. The molecule has 0 atom stereocenters. The molecule has 0 fully saturated rings. The number of rotatable bonds is 5. The van der Waals surface area contributed by atoms with Gasteiger partial charge in [-0.05, 0) is 48.7 Å². The van der Waals surface area contributed by atoms with E-state index < -0.39 is 0 Å². The van der Waals surface area contributed by atoms with Gasteiger partial charge in [0.2, 0.25) is 5.91 Å². The van der Waals surface area contributed by atoms with Gasteiger partial charge in [-0.3, -0.25) is 10.1 Å². The Morgan fingerprint density at radius 3 is 2.44 bits per heavy atom. The van der Waals surface area contributed by atoms with Gasteiger partial charge in [-0.2, -0.15) is 0 Å². The number of benzene rings is 2. The highest BCUT2D eigenvalue weighted by molar-refractivity contribution is 5.98. The maximum atomic E-state index is 11.7. The van der Waals surface area contributed by atoms with E-state index >= 15 is 0 Å². The summed E-state index contributed by atoms with van der Waals surface area (Å²) in [6.07, 6.45) is 1.73. The van der Waals surface area contributed by atoms with E-state index in [1.165, 1.54) is 6.92 Å². The third-order valence-electron chi connectivity index (χ3n) is 3.83. The lowest BCUT2D eigenvalue weighted by Gasteiger charge is -2.12. The van der Waals surface area contributed by atoms with Crippen molar-refractivity contribution in [3.05, 3.63) is 54.7 Å². The van der Waals surface area contributed by atoms with Crippen LogP contribution in [0.2, 0.25) is 0 Å². The molecule has 0 bridgehead atoms. The van der Waals surface area contributed by atoms with Crippen LogP contribution in [0.15, 0.2) is 54.7 Å². The van der Waals surface area contributed by atoms with Crippen LogP contribution in [0, 0.1) is 0 Å². The van der Waals surface area contributed by atoms with E-state index in [4.69, 9.17) is 0 Å². The summed E-state index contributed by atoms with van der Waals surface area (Å²) in [7, 11) is 0. The molecule has 7 heteroatoms. The molecule has 0 saturated carbocycles. The second kappa shape index (κ2) is 8.18. The summed E-state index contributed by atoms with van der Waals surface area (Å²) in [5.74, 6) is 0.387. The van der Waals surface area contributed by atoms with Gasteiger partial charge in [-0.15, -0.1) is 0 Å². The first-order valence-electron chi connectivity index (χ1n) is 8.63. The lowest BCUT2D eigenvalue weighted by molar-refractivity contribution is -0.114. The van der Waals surface area contributed by atoms with Gasteiger partial charge in [-0.1, -0.05) is 12.1 Å². The highest BCUT2D eigenvalue weighted by atomic mass is 16.2. The van der Waals surface area contributed by atoms with E-state index in [9.17, 15) is 9.59 Å². The van der Waals surface area contributed by atoms with E-state index in [-0.39, 0.29) is 11.9 Å². The first kappa shape index (κ1) is 18.2. The van der Waals surface area contributed by atoms with E-state index in [0.717, 1.165) is 27.8 Å². The van der Waals surface area contributed by atoms with Crippen molar-refractivity contribution in [1.82, 2.24) is 10.3 Å². The Morgan fingerprint density at radius 2 is 1.74 bits per heavy atom. The fourth-order valence-corrected chi connectivity index (χ4v) is 2.67. The van der Waals surface area contributed by atoms with Gasteiger partial charge in [-0.25, -0.2) is 9.78 Å². The summed E-state index contributed by atoms with van der Waals surface area (Å²) < 4.78 is 0. The molecule has 0 aliphatic carbocycles. The fraction of sp³-hybridized carbons (Fsp3) is 0.150. The van der Waals surface area contributed by atoms with E-state index in [2.05, 4.69) is 26.3 Å². The number of aromatic nitrogens is 1. The minimum Gasteiger partial charge on any atom is -0.355 e. The zero-order valence-corrected chi connectivity index (χ0v) is 15.2. The molecular formula is C20H21N5O2. The average Bonchev–Trinajstić information content (AvgIpc) is 2.63. The minimum atomic E-state index is -0.280. The third kappa shape index (κ3) is 4.72. The predicted octanol–water partition coefficient (Wildman–Crippen LogP) is 4.08. The summed E-state index contributed by atoms with van der Waals surface area (Å²) in [6, 6.07) is 14.9. The van der Waals surface area contributed by atoms with Crippen LogP contribution in [0.4, 0.5) is 27.7 Å². The van der Waals surface area contributed by atoms with Crippen molar-refractivity contribution in [2.45, 2.75) is 13.8 Å². The Labute approximate surface area is 157 Å². The zero-order chi connectivity index (χ0) is 19.2. The Morgan fingerprint density at radius 1 is 1.00 bits per heavy atom. The number of nitrogens with zero attached hydrogens (tertiary/aromatic N) is 1. The normalized spacial score (nSPS) is 10.3. The molecule has 2 aromatic carbocycles. The second-order valence-electron chi connectivity index (χ2n) is 5.96. The molecule has 0 unspecified atom stereocenters. The van der Waals surface area contributed by atoms with Gasteiger partial charge in [0.15, 0.2) is 0 Å². The molecule has 7 nitrogen and oxygen atoms in total. The molecule has 0 spiro atoms. The van der Waals surface area contributed by atoms with E-state index in [0.29, 0.717) is 12.4 Å². The SMILES string of the molecule is CCNC(=O)Nc1cc2cccc(Nc3ccc(NC(C)=O)cc3)c2cn1. The van der Waals surface area contributed by atoms with Crippen LogP contribution >= 0.6 is 0 Å². The maximum Gasteiger partial charge on any atom is 0.320 e. The van der Waals surface area contributed by atoms with E-state index in [1.807, 2.05) is 55.5 Å². The standard InChI is InChI=1S/C20H21N5O2/c1-3-21-20(27)25-19-11-14-5-4-6-18(17(14)12-22-19)24-16-9-7-15(8-10-16)23-13(2)26/h4-12,24H,3H2,1-2H3,(H,23,26)(H2,21,22,25,27). The van der Waals surface area contributed by atoms with Crippen LogP contribution in [-0.4, -0.2) is 23.5 Å². The largest absolute Gasteiger partial charge is 0.355 e. The van der Waals surface area contributed by atoms with Crippen LogP contribution < -0.4 is 21.3 Å². The lowest BCUT2D eigenvalue weighted by atomic mass is 10.1. The average molecular weight is 363 g/mol. The van der Waals surface area contributed by atoms with Crippen molar-refractivity contribution < 1.29 is 9.59 Å². The number of anilines is 4. The lowest BCUT2D eigenvalue weighted by Crippen LogP contribution is -2.28. The Bertz CT molecular complexity index is 970. The molecule has 4 N–H and O–H groups in total. The Balaban J connectivity index is 1.80. The number of carbonyl (C=O) groups excluding carboxylic acids is 2. The maximum absolute atomic E-state index is 11.7. The monoisotopic (exact) mass is 363 g/mol. The zero-order valence-electron chi connectivity index (χ0n) is 15.2. The number of pyridine rings is 1. The summed E-state index contributed by atoms with van der Waals surface area (Å²) in [5, 5.41) is 13.4. The number of hydrogen-bond donors (Lipinski definition) is 4. The van der Waals surface area contributed by atoms with E-state index in [1.54, 1.807) is 6.20 Å². The number of nitrogens with one attached hydrogen (secondary N) is 4. The van der Waals surface area contributed by atoms with Gasteiger partial charge >= 0.3 is 6.03 Å². The molecule has 3 aromatic rings. The van der Waals surface area contributed by atoms with Crippen molar-refractivity contribution in [3.63, 3.8) is 0 Å². The fourth-order valence-electron chi connectivity index (χ4n) is 2.67. The molecule has 0 saturated heterocycles. The first-order chi connectivity index (χ1) is 13.0.